The zero-order chi connectivity index (χ0) is 11.6. The Balaban J connectivity index is 1.80. The van der Waals surface area contributed by atoms with Crippen LogP contribution in [-0.4, -0.2) is 12.4 Å². The molecule has 3 heteroatoms. The molecule has 16 heavy (non-hydrogen) atoms. The summed E-state index contributed by atoms with van der Waals surface area (Å²) in [6, 6.07) is 7.76. The van der Waals surface area contributed by atoms with Crippen LogP contribution in [0.1, 0.15) is 26.2 Å². The molecule has 0 radical (unpaired) electrons. The fraction of sp³-hybridized carbons (Fsp3) is 0.462. The monoisotopic (exact) mass is 282 g/mol. The number of Topliss-reactive ketones (excluding diaryl/α,β-unsaturated/α-hetero) is 1. The average molecular weight is 283 g/mol. The van der Waals surface area contributed by atoms with Gasteiger partial charge in [0.05, 0.1) is 6.61 Å². The summed E-state index contributed by atoms with van der Waals surface area (Å²) in [7, 11) is 0. The van der Waals surface area contributed by atoms with E-state index in [0.717, 1.165) is 29.5 Å². The molecule has 2 rings (SSSR count). The molecule has 0 unspecified atom stereocenters. The van der Waals surface area contributed by atoms with E-state index < -0.39 is 0 Å². The molecule has 0 heterocycles. The van der Waals surface area contributed by atoms with E-state index in [1.807, 2.05) is 24.3 Å². The summed E-state index contributed by atoms with van der Waals surface area (Å²) in [4.78, 5) is 11.4. The molecule has 0 aromatic heterocycles. The Labute approximate surface area is 104 Å². The smallest absolute Gasteiger partial charge is 0.136 e. The Kier molecular flexibility index (Phi) is 3.33. The van der Waals surface area contributed by atoms with Gasteiger partial charge in [-0.1, -0.05) is 15.9 Å². The second-order valence-electron chi connectivity index (χ2n) is 4.39. The van der Waals surface area contributed by atoms with Gasteiger partial charge < -0.3 is 4.74 Å². The van der Waals surface area contributed by atoms with Gasteiger partial charge in [-0.05, 0) is 50.5 Å². The Morgan fingerprint density at radius 1 is 1.38 bits per heavy atom. The van der Waals surface area contributed by atoms with Crippen LogP contribution >= 0.6 is 15.9 Å². The molecule has 1 aliphatic rings. The number of hydrogen-bond acceptors (Lipinski definition) is 2. The molecule has 1 fully saturated rings. The van der Waals surface area contributed by atoms with E-state index in [9.17, 15) is 4.79 Å². The molecule has 0 saturated heterocycles. The summed E-state index contributed by atoms with van der Waals surface area (Å²) in [5.41, 5.74) is -0.0463. The normalized spacial score (nSPS) is 16.9. The summed E-state index contributed by atoms with van der Waals surface area (Å²) >= 11 is 3.37. The zero-order valence-electron chi connectivity index (χ0n) is 9.33. The number of rotatable bonds is 5. The Hall–Kier alpha value is -0.830. The van der Waals surface area contributed by atoms with Crippen LogP contribution in [0.15, 0.2) is 28.7 Å². The molecule has 1 aliphatic carbocycles. The van der Waals surface area contributed by atoms with Crippen molar-refractivity contribution >= 4 is 21.7 Å². The van der Waals surface area contributed by atoms with Crippen LogP contribution in [0.3, 0.4) is 0 Å². The van der Waals surface area contributed by atoms with Gasteiger partial charge in [-0.2, -0.15) is 0 Å². The molecule has 0 N–H and O–H groups in total. The molecule has 0 atom stereocenters. The predicted molar refractivity (Wildman–Crippen MR) is 66.6 cm³/mol. The van der Waals surface area contributed by atoms with Crippen LogP contribution in [0.4, 0.5) is 0 Å². The van der Waals surface area contributed by atoms with E-state index in [4.69, 9.17) is 4.74 Å². The highest BCUT2D eigenvalue weighted by Gasteiger charge is 2.46. The van der Waals surface area contributed by atoms with Crippen LogP contribution in [0.2, 0.25) is 0 Å². The minimum absolute atomic E-state index is 0.0463. The van der Waals surface area contributed by atoms with Crippen LogP contribution in [0.5, 0.6) is 5.75 Å². The molecular weight excluding hydrogens is 268 g/mol. The summed E-state index contributed by atoms with van der Waals surface area (Å²) in [5, 5.41) is 0. The highest BCUT2D eigenvalue weighted by atomic mass is 79.9. The van der Waals surface area contributed by atoms with Crippen molar-refractivity contribution in [3.63, 3.8) is 0 Å². The van der Waals surface area contributed by atoms with Gasteiger partial charge in [-0.25, -0.2) is 0 Å². The quantitative estimate of drug-likeness (QED) is 0.825. The first-order valence-electron chi connectivity index (χ1n) is 5.52. The minimum Gasteiger partial charge on any atom is -0.494 e. The van der Waals surface area contributed by atoms with E-state index in [1.54, 1.807) is 6.92 Å². The van der Waals surface area contributed by atoms with E-state index >= 15 is 0 Å². The lowest BCUT2D eigenvalue weighted by Crippen LogP contribution is -2.15. The van der Waals surface area contributed by atoms with E-state index in [1.165, 1.54) is 0 Å². The molecule has 1 aromatic rings. The maximum absolute atomic E-state index is 11.4. The van der Waals surface area contributed by atoms with Gasteiger partial charge in [-0.15, -0.1) is 0 Å². The van der Waals surface area contributed by atoms with Crippen LogP contribution < -0.4 is 4.74 Å². The van der Waals surface area contributed by atoms with Gasteiger partial charge in [0, 0.05) is 9.89 Å². The third kappa shape index (κ3) is 2.64. The van der Waals surface area contributed by atoms with E-state index in [0.29, 0.717) is 12.4 Å². The van der Waals surface area contributed by atoms with Gasteiger partial charge in [-0.3, -0.25) is 4.79 Å². The van der Waals surface area contributed by atoms with Crippen LogP contribution in [0.25, 0.3) is 0 Å². The number of carbonyl (C=O) groups excluding carboxylic acids is 1. The van der Waals surface area contributed by atoms with Gasteiger partial charge in [0.25, 0.3) is 0 Å². The van der Waals surface area contributed by atoms with Crippen molar-refractivity contribution in [1.29, 1.82) is 0 Å². The van der Waals surface area contributed by atoms with Crippen molar-refractivity contribution in [3.05, 3.63) is 28.7 Å². The maximum Gasteiger partial charge on any atom is 0.136 e. The van der Waals surface area contributed by atoms with Crippen LogP contribution in [0, 0.1) is 5.41 Å². The largest absolute Gasteiger partial charge is 0.494 e. The standard InChI is InChI=1S/C13H15BrO2/c1-10(15)13(6-7-13)8-9-16-12-4-2-11(14)3-5-12/h2-5H,6-9H2,1H3. The molecule has 86 valence electrons. The predicted octanol–water partition coefficient (Wildman–Crippen LogP) is 3.59. The van der Waals surface area contributed by atoms with Crippen LogP contribution in [-0.2, 0) is 4.79 Å². The number of hydrogen-bond donors (Lipinski definition) is 0. The van der Waals surface area contributed by atoms with Gasteiger partial charge in [0.1, 0.15) is 11.5 Å². The van der Waals surface area contributed by atoms with E-state index in [-0.39, 0.29) is 5.41 Å². The molecule has 0 amide bonds. The highest BCUT2D eigenvalue weighted by Crippen LogP contribution is 2.49. The summed E-state index contributed by atoms with van der Waals surface area (Å²) in [6.45, 7) is 2.31. The number of benzene rings is 1. The lowest BCUT2D eigenvalue weighted by Gasteiger charge is -2.12. The molecule has 1 saturated carbocycles. The van der Waals surface area contributed by atoms with Crippen molar-refractivity contribution in [2.24, 2.45) is 5.41 Å². The van der Waals surface area contributed by atoms with Crippen molar-refractivity contribution in [1.82, 2.24) is 0 Å². The fourth-order valence-electron chi connectivity index (χ4n) is 1.82. The Bertz CT molecular complexity index is 379. The first kappa shape index (κ1) is 11.6. The number of carbonyl (C=O) groups is 1. The van der Waals surface area contributed by atoms with Gasteiger partial charge >= 0.3 is 0 Å². The maximum atomic E-state index is 11.4. The average Bonchev–Trinajstić information content (AvgIpc) is 3.02. The summed E-state index contributed by atoms with van der Waals surface area (Å²) in [5.74, 6) is 1.18. The third-order valence-electron chi connectivity index (χ3n) is 3.26. The lowest BCUT2D eigenvalue weighted by molar-refractivity contribution is -0.122. The Morgan fingerprint density at radius 2 is 2.00 bits per heavy atom. The first-order valence-corrected chi connectivity index (χ1v) is 6.31. The summed E-state index contributed by atoms with van der Waals surface area (Å²) in [6.07, 6.45) is 2.91. The fourth-order valence-corrected chi connectivity index (χ4v) is 2.09. The molecule has 0 spiro atoms. The SMILES string of the molecule is CC(=O)C1(CCOc2ccc(Br)cc2)CC1. The second kappa shape index (κ2) is 4.58. The number of halogens is 1. The summed E-state index contributed by atoms with van der Waals surface area (Å²) < 4.78 is 6.66. The number of ketones is 1. The van der Waals surface area contributed by atoms with Gasteiger partial charge in [0.15, 0.2) is 0 Å². The third-order valence-corrected chi connectivity index (χ3v) is 3.79. The van der Waals surface area contributed by atoms with Gasteiger partial charge in [0.2, 0.25) is 0 Å². The van der Waals surface area contributed by atoms with E-state index in [2.05, 4.69) is 15.9 Å². The Morgan fingerprint density at radius 3 is 2.50 bits per heavy atom. The molecule has 1 aromatic carbocycles. The first-order chi connectivity index (χ1) is 7.62. The van der Waals surface area contributed by atoms with Crippen molar-refractivity contribution in [3.8, 4) is 5.75 Å². The topological polar surface area (TPSA) is 26.3 Å². The van der Waals surface area contributed by atoms with Crippen molar-refractivity contribution in [2.45, 2.75) is 26.2 Å². The molecule has 0 aliphatic heterocycles. The molecule has 2 nitrogen and oxygen atoms in total. The van der Waals surface area contributed by atoms with Crippen molar-refractivity contribution in [2.75, 3.05) is 6.61 Å². The minimum atomic E-state index is -0.0463. The molecule has 0 bridgehead atoms. The molecular formula is C13H15BrO2. The lowest BCUT2D eigenvalue weighted by atomic mass is 9.99. The number of ether oxygens (including phenoxy) is 1. The zero-order valence-corrected chi connectivity index (χ0v) is 10.9. The van der Waals surface area contributed by atoms with Crippen molar-refractivity contribution < 1.29 is 9.53 Å². The second-order valence-corrected chi connectivity index (χ2v) is 5.30. The highest BCUT2D eigenvalue weighted by molar-refractivity contribution is 9.10.